The third kappa shape index (κ3) is 2.40. The van der Waals surface area contributed by atoms with E-state index in [-0.39, 0.29) is 5.82 Å². The Morgan fingerprint density at radius 1 is 1.27 bits per heavy atom. The highest BCUT2D eigenvalue weighted by atomic mass is 35.5. The van der Waals surface area contributed by atoms with Gasteiger partial charge in [-0.25, -0.2) is 14.4 Å². The number of nitrogens with two attached hydrogens (primary N) is 1. The molecule has 0 spiro atoms. The average molecular weight is 314 g/mol. The first-order chi connectivity index (χ1) is 10.6. The van der Waals surface area contributed by atoms with Crippen LogP contribution in [0.2, 0.25) is 5.15 Å². The minimum absolute atomic E-state index is 0.361. The molecule has 2 N–H and O–H groups in total. The van der Waals surface area contributed by atoms with Crippen LogP contribution in [0.4, 0.5) is 10.1 Å². The molecule has 1 aliphatic carbocycles. The molecule has 0 atom stereocenters. The van der Waals surface area contributed by atoms with Crippen molar-refractivity contribution < 1.29 is 4.39 Å². The number of anilines is 1. The first-order valence-electron chi connectivity index (χ1n) is 7.14. The molecule has 1 aromatic heterocycles. The van der Waals surface area contributed by atoms with Crippen molar-refractivity contribution in [3.8, 4) is 0 Å². The first kappa shape index (κ1) is 13.5. The number of rotatable bonds is 2. The van der Waals surface area contributed by atoms with Gasteiger partial charge in [-0.2, -0.15) is 0 Å². The molecule has 0 amide bonds. The highest BCUT2D eigenvalue weighted by molar-refractivity contribution is 6.29. The van der Waals surface area contributed by atoms with E-state index < -0.39 is 0 Å². The number of hydrogen-bond donors (Lipinski definition) is 1. The predicted octanol–water partition coefficient (Wildman–Crippen LogP) is 2.79. The van der Waals surface area contributed by atoms with Crippen molar-refractivity contribution in [2.45, 2.75) is 18.8 Å². The number of nitrogen functional groups attached to an aromatic ring is 1. The number of hydrogen-bond acceptors (Lipinski definition) is 3. The Morgan fingerprint density at radius 2 is 2.09 bits per heavy atom. The van der Waals surface area contributed by atoms with Crippen LogP contribution in [0.25, 0.3) is 12.2 Å². The summed E-state index contributed by atoms with van der Waals surface area (Å²) in [4.78, 5) is 8.91. The lowest BCUT2D eigenvalue weighted by atomic mass is 10.1. The van der Waals surface area contributed by atoms with Gasteiger partial charge in [-0.1, -0.05) is 11.6 Å². The molecular formula is C17H13ClFN3. The second kappa shape index (κ2) is 4.92. The van der Waals surface area contributed by atoms with Gasteiger partial charge in [-0.15, -0.1) is 0 Å². The van der Waals surface area contributed by atoms with Gasteiger partial charge in [0.25, 0.3) is 0 Å². The van der Waals surface area contributed by atoms with Crippen molar-refractivity contribution in [2.75, 3.05) is 5.73 Å². The standard InChI is InChI=1S/C17H13ClFN3/c18-16-8-13(9-1-2-9)17-15(22-16)7-12(21-17)5-10-3-4-11(20)6-14(10)19/h3-9H,1-2,20H2/b12-5+. The summed E-state index contributed by atoms with van der Waals surface area (Å²) < 4.78 is 13.9. The van der Waals surface area contributed by atoms with Crippen molar-refractivity contribution in [2.24, 2.45) is 4.99 Å². The Balaban J connectivity index is 1.83. The van der Waals surface area contributed by atoms with Gasteiger partial charge in [-0.05, 0) is 60.7 Å². The maximum absolute atomic E-state index is 13.9. The molecule has 0 bridgehead atoms. The molecule has 4 rings (SSSR count). The van der Waals surface area contributed by atoms with Crippen LogP contribution >= 0.6 is 11.6 Å². The van der Waals surface area contributed by atoms with E-state index in [9.17, 15) is 4.39 Å². The summed E-state index contributed by atoms with van der Waals surface area (Å²) in [5.74, 6) is 0.166. The van der Waals surface area contributed by atoms with Crippen LogP contribution in [0.1, 0.15) is 29.9 Å². The van der Waals surface area contributed by atoms with Crippen molar-refractivity contribution in [3.05, 3.63) is 62.8 Å². The number of fused-ring (bicyclic) bond motifs is 1. The van der Waals surface area contributed by atoms with Crippen molar-refractivity contribution >= 4 is 29.4 Å². The Morgan fingerprint density at radius 3 is 2.82 bits per heavy atom. The van der Waals surface area contributed by atoms with E-state index in [0.717, 1.165) is 29.1 Å². The fourth-order valence-electron chi connectivity index (χ4n) is 2.67. The summed E-state index contributed by atoms with van der Waals surface area (Å²) in [5.41, 5.74) is 8.24. The van der Waals surface area contributed by atoms with Crippen molar-refractivity contribution in [1.82, 2.24) is 4.98 Å². The van der Waals surface area contributed by atoms with Gasteiger partial charge in [0.1, 0.15) is 11.0 Å². The van der Waals surface area contributed by atoms with Gasteiger partial charge in [-0.3, -0.25) is 0 Å². The molecule has 1 saturated carbocycles. The normalized spacial score (nSPS) is 18.0. The SMILES string of the molecule is Nc1ccc(/C=C2\C=c3nc(Cl)cc(C4CC4)c3=N2)c(F)c1. The number of benzene rings is 1. The molecule has 1 aliphatic heterocycles. The Labute approximate surface area is 131 Å². The summed E-state index contributed by atoms with van der Waals surface area (Å²) in [6.45, 7) is 0. The summed E-state index contributed by atoms with van der Waals surface area (Å²) in [7, 11) is 0. The topological polar surface area (TPSA) is 51.3 Å². The Kier molecular flexibility index (Phi) is 3.01. The van der Waals surface area contributed by atoms with Crippen LogP contribution in [-0.4, -0.2) is 4.98 Å². The zero-order chi connectivity index (χ0) is 15.3. The van der Waals surface area contributed by atoms with E-state index >= 15 is 0 Å². The van der Waals surface area contributed by atoms with E-state index in [4.69, 9.17) is 17.3 Å². The molecule has 110 valence electrons. The number of pyridine rings is 1. The number of halogens is 2. The molecule has 1 aromatic carbocycles. The van der Waals surface area contributed by atoms with E-state index in [1.807, 2.05) is 12.1 Å². The lowest BCUT2D eigenvalue weighted by Crippen LogP contribution is -2.29. The third-order valence-corrected chi connectivity index (χ3v) is 4.08. The van der Waals surface area contributed by atoms with Crippen molar-refractivity contribution in [3.63, 3.8) is 0 Å². The molecule has 2 heterocycles. The fourth-order valence-corrected chi connectivity index (χ4v) is 2.88. The first-order valence-corrected chi connectivity index (χ1v) is 7.51. The highest BCUT2D eigenvalue weighted by Crippen LogP contribution is 2.38. The maximum Gasteiger partial charge on any atom is 0.132 e. The lowest BCUT2D eigenvalue weighted by Gasteiger charge is -1.99. The Bertz CT molecular complexity index is 930. The van der Waals surface area contributed by atoms with E-state index in [2.05, 4.69) is 9.98 Å². The zero-order valence-electron chi connectivity index (χ0n) is 11.7. The van der Waals surface area contributed by atoms with Gasteiger partial charge in [0.15, 0.2) is 0 Å². The molecule has 2 aromatic rings. The number of aromatic nitrogens is 1. The second-order valence-electron chi connectivity index (χ2n) is 5.65. The van der Waals surface area contributed by atoms with Gasteiger partial charge in [0.05, 0.1) is 16.4 Å². The molecule has 5 heteroatoms. The van der Waals surface area contributed by atoms with E-state index in [0.29, 0.717) is 28.0 Å². The van der Waals surface area contributed by atoms with Crippen molar-refractivity contribution in [1.29, 1.82) is 0 Å². The number of nitrogens with zero attached hydrogens (tertiary/aromatic N) is 2. The van der Waals surface area contributed by atoms with Crippen LogP contribution in [0, 0.1) is 5.82 Å². The van der Waals surface area contributed by atoms with Gasteiger partial charge in [0, 0.05) is 11.3 Å². The lowest BCUT2D eigenvalue weighted by molar-refractivity contribution is 0.625. The van der Waals surface area contributed by atoms with E-state index in [1.54, 1.807) is 18.2 Å². The highest BCUT2D eigenvalue weighted by Gasteiger charge is 2.27. The van der Waals surface area contributed by atoms with Crippen LogP contribution in [0.15, 0.2) is 35.0 Å². The van der Waals surface area contributed by atoms with Crippen LogP contribution < -0.4 is 16.4 Å². The monoisotopic (exact) mass is 313 g/mol. The molecule has 2 aliphatic rings. The predicted molar refractivity (Wildman–Crippen MR) is 85.3 cm³/mol. The van der Waals surface area contributed by atoms with Gasteiger partial charge in [0.2, 0.25) is 0 Å². The molecular weight excluding hydrogens is 301 g/mol. The minimum atomic E-state index is -0.361. The molecule has 0 radical (unpaired) electrons. The molecule has 22 heavy (non-hydrogen) atoms. The molecule has 0 unspecified atom stereocenters. The largest absolute Gasteiger partial charge is 0.399 e. The molecule has 3 nitrogen and oxygen atoms in total. The summed E-state index contributed by atoms with van der Waals surface area (Å²) in [6.07, 6.45) is 5.85. The fraction of sp³-hybridized carbons (Fsp3) is 0.176. The minimum Gasteiger partial charge on any atom is -0.399 e. The average Bonchev–Trinajstić information content (AvgIpc) is 3.22. The smallest absolute Gasteiger partial charge is 0.132 e. The van der Waals surface area contributed by atoms with Crippen LogP contribution in [-0.2, 0) is 0 Å². The van der Waals surface area contributed by atoms with Crippen LogP contribution in [0.3, 0.4) is 0 Å². The maximum atomic E-state index is 13.9. The zero-order valence-corrected chi connectivity index (χ0v) is 12.4. The Hall–Kier alpha value is -2.20. The summed E-state index contributed by atoms with van der Waals surface area (Å²) in [6, 6.07) is 6.51. The molecule has 1 fully saturated rings. The quantitative estimate of drug-likeness (QED) is 0.684. The second-order valence-corrected chi connectivity index (χ2v) is 6.04. The van der Waals surface area contributed by atoms with E-state index in [1.165, 1.54) is 6.07 Å². The molecule has 0 saturated heterocycles. The third-order valence-electron chi connectivity index (χ3n) is 3.89. The van der Waals surface area contributed by atoms with Crippen LogP contribution in [0.5, 0.6) is 0 Å². The summed E-state index contributed by atoms with van der Waals surface area (Å²) >= 11 is 6.08. The number of allylic oxidation sites excluding steroid dienone is 1. The van der Waals surface area contributed by atoms with Gasteiger partial charge < -0.3 is 5.73 Å². The summed E-state index contributed by atoms with van der Waals surface area (Å²) in [5, 5.41) is 2.11. The van der Waals surface area contributed by atoms with Gasteiger partial charge >= 0.3 is 0 Å².